The van der Waals surface area contributed by atoms with Crippen molar-refractivity contribution in [2.45, 2.75) is 13.3 Å². The second-order valence-electron chi connectivity index (χ2n) is 4.76. The van der Waals surface area contributed by atoms with Gasteiger partial charge in [0.2, 0.25) is 0 Å². The number of H-pyrrole nitrogens is 1. The molecule has 1 N–H and O–H groups in total. The van der Waals surface area contributed by atoms with Crippen LogP contribution in [-0.4, -0.2) is 34.1 Å². The van der Waals surface area contributed by atoms with E-state index in [9.17, 15) is 4.79 Å². The van der Waals surface area contributed by atoms with E-state index < -0.39 is 0 Å². The number of carbonyl (C=O) groups is 1. The van der Waals surface area contributed by atoms with Crippen LogP contribution in [0.5, 0.6) is 0 Å². The first-order valence-corrected chi connectivity index (χ1v) is 5.98. The molecule has 0 aliphatic carbocycles. The lowest BCUT2D eigenvalue weighted by Gasteiger charge is -2.14. The predicted octanol–water partition coefficient (Wildman–Crippen LogP) is 2.04. The number of aromatic amines is 1. The van der Waals surface area contributed by atoms with Gasteiger partial charge in [-0.3, -0.25) is 9.89 Å². The molecule has 1 aliphatic rings. The number of nitrogens with one attached hydrogen (secondary N) is 1. The zero-order valence-corrected chi connectivity index (χ0v) is 9.81. The van der Waals surface area contributed by atoms with Gasteiger partial charge >= 0.3 is 0 Å². The summed E-state index contributed by atoms with van der Waals surface area (Å²) in [5.74, 6) is 0.649. The van der Waals surface area contributed by atoms with Crippen molar-refractivity contribution in [1.82, 2.24) is 15.1 Å². The fraction of sp³-hybridized carbons (Fsp3) is 0.385. The van der Waals surface area contributed by atoms with E-state index in [0.717, 1.165) is 30.4 Å². The minimum atomic E-state index is 0.0480. The van der Waals surface area contributed by atoms with Crippen LogP contribution in [-0.2, 0) is 0 Å². The standard InChI is InChI=1S/C13H15N3O/c1-9-6-7-16(8-9)13(17)12-10-4-2-3-5-11(10)14-15-12/h2-5,9H,6-8H2,1H3,(H,14,15). The highest BCUT2D eigenvalue weighted by molar-refractivity contribution is 6.04. The zero-order chi connectivity index (χ0) is 11.8. The van der Waals surface area contributed by atoms with Gasteiger partial charge in [0.1, 0.15) is 0 Å². The summed E-state index contributed by atoms with van der Waals surface area (Å²) in [6.45, 7) is 3.87. The maximum Gasteiger partial charge on any atom is 0.275 e. The highest BCUT2D eigenvalue weighted by Crippen LogP contribution is 2.21. The summed E-state index contributed by atoms with van der Waals surface area (Å²) in [5.41, 5.74) is 1.47. The van der Waals surface area contributed by atoms with Gasteiger partial charge in [-0.15, -0.1) is 0 Å². The van der Waals surface area contributed by atoms with E-state index in [1.807, 2.05) is 29.2 Å². The van der Waals surface area contributed by atoms with Crippen LogP contribution in [0.2, 0.25) is 0 Å². The number of hydrogen-bond donors (Lipinski definition) is 1. The molecule has 4 nitrogen and oxygen atoms in total. The molecule has 0 bridgehead atoms. The summed E-state index contributed by atoms with van der Waals surface area (Å²) < 4.78 is 0. The Bertz CT molecular complexity index is 561. The Labute approximate surface area is 99.6 Å². The number of aromatic nitrogens is 2. The van der Waals surface area contributed by atoms with E-state index in [2.05, 4.69) is 17.1 Å². The molecule has 0 spiro atoms. The van der Waals surface area contributed by atoms with Crippen LogP contribution in [0.25, 0.3) is 10.9 Å². The zero-order valence-electron chi connectivity index (χ0n) is 9.81. The largest absolute Gasteiger partial charge is 0.337 e. The molecule has 0 radical (unpaired) electrons. The van der Waals surface area contributed by atoms with Crippen molar-refractivity contribution in [3.05, 3.63) is 30.0 Å². The quantitative estimate of drug-likeness (QED) is 0.813. The van der Waals surface area contributed by atoms with Crippen molar-refractivity contribution in [3.8, 4) is 0 Å². The molecule has 0 saturated carbocycles. The molecule has 1 aromatic heterocycles. The van der Waals surface area contributed by atoms with Gasteiger partial charge in [0.05, 0.1) is 5.52 Å². The van der Waals surface area contributed by atoms with Crippen LogP contribution < -0.4 is 0 Å². The number of likely N-dealkylation sites (tertiary alicyclic amines) is 1. The topological polar surface area (TPSA) is 49.0 Å². The number of hydrogen-bond acceptors (Lipinski definition) is 2. The maximum atomic E-state index is 12.3. The van der Waals surface area contributed by atoms with E-state index in [-0.39, 0.29) is 5.91 Å². The van der Waals surface area contributed by atoms with Crippen molar-refractivity contribution in [3.63, 3.8) is 0 Å². The van der Waals surface area contributed by atoms with Gasteiger partial charge in [-0.05, 0) is 18.4 Å². The fourth-order valence-electron chi connectivity index (χ4n) is 2.40. The molecule has 1 atom stereocenters. The highest BCUT2D eigenvalue weighted by atomic mass is 16.2. The van der Waals surface area contributed by atoms with Crippen molar-refractivity contribution in [2.75, 3.05) is 13.1 Å². The van der Waals surface area contributed by atoms with Gasteiger partial charge < -0.3 is 4.90 Å². The van der Waals surface area contributed by atoms with Crippen LogP contribution >= 0.6 is 0 Å². The lowest BCUT2D eigenvalue weighted by Crippen LogP contribution is -2.28. The Kier molecular flexibility index (Phi) is 2.35. The van der Waals surface area contributed by atoms with Gasteiger partial charge in [0, 0.05) is 18.5 Å². The molecule has 4 heteroatoms. The van der Waals surface area contributed by atoms with Crippen LogP contribution in [0.3, 0.4) is 0 Å². The first-order valence-electron chi connectivity index (χ1n) is 5.98. The van der Waals surface area contributed by atoms with Gasteiger partial charge in [0.25, 0.3) is 5.91 Å². The van der Waals surface area contributed by atoms with Crippen molar-refractivity contribution in [2.24, 2.45) is 5.92 Å². The SMILES string of the molecule is CC1CCN(C(=O)c2n[nH]c3ccccc23)C1. The molecule has 1 amide bonds. The second kappa shape index (κ2) is 3.87. The third-order valence-electron chi connectivity index (χ3n) is 3.38. The molecule has 17 heavy (non-hydrogen) atoms. The molecule has 2 heterocycles. The van der Waals surface area contributed by atoms with Gasteiger partial charge in [-0.1, -0.05) is 25.1 Å². The van der Waals surface area contributed by atoms with Crippen LogP contribution in [0.1, 0.15) is 23.8 Å². The molecule has 88 valence electrons. The summed E-state index contributed by atoms with van der Waals surface area (Å²) in [5, 5.41) is 7.97. The normalized spacial score (nSPS) is 20.1. The summed E-state index contributed by atoms with van der Waals surface area (Å²) >= 11 is 0. The number of amides is 1. The summed E-state index contributed by atoms with van der Waals surface area (Å²) in [4.78, 5) is 14.2. The molecular formula is C13H15N3O. The van der Waals surface area contributed by atoms with Crippen molar-refractivity contribution < 1.29 is 4.79 Å². The Morgan fingerprint density at radius 1 is 1.47 bits per heavy atom. The summed E-state index contributed by atoms with van der Waals surface area (Å²) in [6.07, 6.45) is 1.09. The minimum Gasteiger partial charge on any atom is -0.337 e. The molecule has 1 aromatic carbocycles. The predicted molar refractivity (Wildman–Crippen MR) is 65.8 cm³/mol. The summed E-state index contributed by atoms with van der Waals surface area (Å²) in [7, 11) is 0. The van der Waals surface area contributed by atoms with E-state index in [1.165, 1.54) is 0 Å². The Hall–Kier alpha value is -1.84. The molecule has 2 aromatic rings. The number of rotatable bonds is 1. The smallest absolute Gasteiger partial charge is 0.275 e. The molecule has 1 unspecified atom stereocenters. The number of para-hydroxylation sites is 1. The van der Waals surface area contributed by atoms with Gasteiger partial charge in [-0.2, -0.15) is 5.10 Å². The average molecular weight is 229 g/mol. The fourth-order valence-corrected chi connectivity index (χ4v) is 2.40. The second-order valence-corrected chi connectivity index (χ2v) is 4.76. The maximum absolute atomic E-state index is 12.3. The first kappa shape index (κ1) is 10.3. The van der Waals surface area contributed by atoms with Crippen molar-refractivity contribution in [1.29, 1.82) is 0 Å². The molecule has 1 fully saturated rings. The van der Waals surface area contributed by atoms with Crippen LogP contribution in [0.4, 0.5) is 0 Å². The third kappa shape index (κ3) is 1.69. The van der Waals surface area contributed by atoms with Crippen LogP contribution in [0, 0.1) is 5.92 Å². The lowest BCUT2D eigenvalue weighted by molar-refractivity contribution is 0.0784. The van der Waals surface area contributed by atoms with E-state index in [0.29, 0.717) is 11.6 Å². The lowest BCUT2D eigenvalue weighted by atomic mass is 10.2. The van der Waals surface area contributed by atoms with Crippen LogP contribution in [0.15, 0.2) is 24.3 Å². The molecule has 3 rings (SSSR count). The monoisotopic (exact) mass is 229 g/mol. The minimum absolute atomic E-state index is 0.0480. The molecule has 1 saturated heterocycles. The Balaban J connectivity index is 1.96. The average Bonchev–Trinajstić information content (AvgIpc) is 2.94. The highest BCUT2D eigenvalue weighted by Gasteiger charge is 2.26. The van der Waals surface area contributed by atoms with E-state index >= 15 is 0 Å². The molecule has 1 aliphatic heterocycles. The summed E-state index contributed by atoms with van der Waals surface area (Å²) in [6, 6.07) is 7.74. The number of carbonyl (C=O) groups excluding carboxylic acids is 1. The van der Waals surface area contributed by atoms with Gasteiger partial charge in [-0.25, -0.2) is 0 Å². The van der Waals surface area contributed by atoms with E-state index in [4.69, 9.17) is 0 Å². The first-order chi connectivity index (χ1) is 8.25. The third-order valence-corrected chi connectivity index (χ3v) is 3.38. The molecular weight excluding hydrogens is 214 g/mol. The Morgan fingerprint density at radius 3 is 3.06 bits per heavy atom. The number of fused-ring (bicyclic) bond motifs is 1. The number of benzene rings is 1. The van der Waals surface area contributed by atoms with Gasteiger partial charge in [0.15, 0.2) is 5.69 Å². The van der Waals surface area contributed by atoms with Crippen molar-refractivity contribution >= 4 is 16.8 Å². The van der Waals surface area contributed by atoms with E-state index in [1.54, 1.807) is 0 Å². The number of nitrogens with zero attached hydrogens (tertiary/aromatic N) is 2. The Morgan fingerprint density at radius 2 is 2.29 bits per heavy atom.